The summed E-state index contributed by atoms with van der Waals surface area (Å²) in [6, 6.07) is 0. The first-order valence-electron chi connectivity index (χ1n) is 6.76. The van der Waals surface area contributed by atoms with Crippen molar-refractivity contribution in [3.63, 3.8) is 0 Å². The van der Waals surface area contributed by atoms with Crippen molar-refractivity contribution in [1.29, 1.82) is 0 Å². The molecule has 5 fully saturated rings. The molecule has 1 saturated carbocycles. The summed E-state index contributed by atoms with van der Waals surface area (Å²) < 4.78 is 24.5. The molecule has 5 rings (SSSR count). The molecule has 0 amide bonds. The summed E-state index contributed by atoms with van der Waals surface area (Å²) in [6.07, 6.45) is 0.998. The van der Waals surface area contributed by atoms with Crippen molar-refractivity contribution in [1.82, 2.24) is 0 Å². The molecule has 0 N–H and O–H groups in total. The molecular weight excluding hydrogens is 220 g/mol. The van der Waals surface area contributed by atoms with Crippen LogP contribution in [0.5, 0.6) is 0 Å². The molecular formula is C13H18O4. The molecule has 94 valence electrons. The van der Waals surface area contributed by atoms with Crippen LogP contribution in [0.2, 0.25) is 0 Å². The third kappa shape index (κ3) is 0.793. The van der Waals surface area contributed by atoms with Gasteiger partial charge >= 0.3 is 0 Å². The summed E-state index contributed by atoms with van der Waals surface area (Å²) in [5.74, 6) is 1.37. The second kappa shape index (κ2) is 2.44. The Morgan fingerprint density at radius 2 is 1.76 bits per heavy atom. The fourth-order valence-corrected chi connectivity index (χ4v) is 5.24. The highest BCUT2D eigenvalue weighted by Crippen LogP contribution is 2.73. The van der Waals surface area contributed by atoms with Gasteiger partial charge in [0.15, 0.2) is 24.2 Å². The highest BCUT2D eigenvalue weighted by Gasteiger charge is 2.81. The summed E-state index contributed by atoms with van der Waals surface area (Å²) in [4.78, 5) is 0. The van der Waals surface area contributed by atoms with Crippen molar-refractivity contribution in [3.8, 4) is 0 Å². The summed E-state index contributed by atoms with van der Waals surface area (Å²) in [7, 11) is 0. The third-order valence-electron chi connectivity index (χ3n) is 5.71. The van der Waals surface area contributed by atoms with E-state index < -0.39 is 11.6 Å². The van der Waals surface area contributed by atoms with Crippen LogP contribution in [0.1, 0.15) is 27.2 Å². The number of hydrogen-bond acceptors (Lipinski definition) is 4. The predicted octanol–water partition coefficient (Wildman–Crippen LogP) is 1.70. The first-order valence-corrected chi connectivity index (χ1v) is 6.76. The lowest BCUT2D eigenvalue weighted by atomic mass is 9.79. The van der Waals surface area contributed by atoms with Gasteiger partial charge in [-0.2, -0.15) is 0 Å². The third-order valence-corrected chi connectivity index (χ3v) is 5.71. The Hall–Kier alpha value is -0.160. The molecule has 2 bridgehead atoms. The van der Waals surface area contributed by atoms with Gasteiger partial charge in [-0.25, -0.2) is 0 Å². The van der Waals surface area contributed by atoms with Crippen molar-refractivity contribution in [2.75, 3.05) is 0 Å². The quantitative estimate of drug-likeness (QED) is 0.696. The zero-order valence-electron chi connectivity index (χ0n) is 10.4. The maximum Gasteiger partial charge on any atom is 0.180 e. The molecule has 17 heavy (non-hydrogen) atoms. The van der Waals surface area contributed by atoms with Crippen LogP contribution in [-0.4, -0.2) is 24.2 Å². The Kier molecular flexibility index (Phi) is 1.39. The molecule has 4 heterocycles. The van der Waals surface area contributed by atoms with E-state index in [9.17, 15) is 0 Å². The number of ether oxygens (including phenoxy) is 4. The van der Waals surface area contributed by atoms with Crippen LogP contribution < -0.4 is 0 Å². The molecule has 0 spiro atoms. The highest BCUT2D eigenvalue weighted by molar-refractivity contribution is 5.17. The largest absolute Gasteiger partial charge is 0.323 e. The maximum atomic E-state index is 6.32. The molecule has 1 aliphatic carbocycles. The standard InChI is InChI=1S/C13H18O4/c1-5(2)13-9-7-4-6-8(9)12(3,17-13)15-10(6)14-11(7)16-13/h5-11H,4H2,1-3H3/t6-,7+,8-,9+,10+,11+,12+,13-/m1/s1. The Morgan fingerprint density at radius 3 is 2.53 bits per heavy atom. The first-order chi connectivity index (χ1) is 8.05. The van der Waals surface area contributed by atoms with Gasteiger partial charge < -0.3 is 18.9 Å². The Morgan fingerprint density at radius 1 is 1.06 bits per heavy atom. The van der Waals surface area contributed by atoms with E-state index in [4.69, 9.17) is 18.9 Å². The summed E-state index contributed by atoms with van der Waals surface area (Å²) in [5.41, 5.74) is 0. The smallest absolute Gasteiger partial charge is 0.180 e. The van der Waals surface area contributed by atoms with Crippen LogP contribution in [0.25, 0.3) is 0 Å². The Balaban J connectivity index is 1.75. The maximum absolute atomic E-state index is 6.32. The van der Waals surface area contributed by atoms with E-state index in [0.717, 1.165) is 0 Å². The van der Waals surface area contributed by atoms with E-state index in [2.05, 4.69) is 20.8 Å². The molecule has 0 aromatic carbocycles. The molecule has 0 radical (unpaired) electrons. The van der Waals surface area contributed by atoms with Crippen molar-refractivity contribution in [2.24, 2.45) is 29.6 Å². The minimum absolute atomic E-state index is 0.0956. The van der Waals surface area contributed by atoms with Crippen molar-refractivity contribution in [2.45, 2.75) is 51.3 Å². The molecule has 4 aliphatic heterocycles. The Labute approximate surface area is 101 Å². The average molecular weight is 238 g/mol. The minimum atomic E-state index is -0.482. The monoisotopic (exact) mass is 238 g/mol. The van der Waals surface area contributed by atoms with E-state index in [1.54, 1.807) is 0 Å². The molecule has 5 aliphatic rings. The highest BCUT2D eigenvalue weighted by atomic mass is 16.9. The molecule has 0 aromatic rings. The lowest BCUT2D eigenvalue weighted by Crippen LogP contribution is -2.46. The molecule has 8 atom stereocenters. The van der Waals surface area contributed by atoms with Gasteiger partial charge in [-0.05, 0) is 13.3 Å². The first kappa shape index (κ1) is 9.73. The van der Waals surface area contributed by atoms with E-state index in [1.165, 1.54) is 6.42 Å². The van der Waals surface area contributed by atoms with E-state index in [0.29, 0.717) is 29.6 Å². The van der Waals surface area contributed by atoms with Crippen molar-refractivity contribution < 1.29 is 18.9 Å². The fourth-order valence-electron chi connectivity index (χ4n) is 5.24. The van der Waals surface area contributed by atoms with Crippen LogP contribution in [0.4, 0.5) is 0 Å². The fraction of sp³-hybridized carbons (Fsp3) is 1.00. The van der Waals surface area contributed by atoms with Crippen LogP contribution in [-0.2, 0) is 18.9 Å². The molecule has 4 heteroatoms. The van der Waals surface area contributed by atoms with Crippen LogP contribution >= 0.6 is 0 Å². The average Bonchev–Trinajstić information content (AvgIpc) is 2.82. The number of hydrogen-bond donors (Lipinski definition) is 0. The lowest BCUT2D eigenvalue weighted by molar-refractivity contribution is -0.415. The zero-order chi connectivity index (χ0) is 11.6. The second-order valence-electron chi connectivity index (χ2n) is 6.72. The summed E-state index contributed by atoms with van der Waals surface area (Å²) >= 11 is 0. The van der Waals surface area contributed by atoms with E-state index >= 15 is 0 Å². The van der Waals surface area contributed by atoms with Gasteiger partial charge in [0.25, 0.3) is 0 Å². The van der Waals surface area contributed by atoms with E-state index in [-0.39, 0.29) is 12.6 Å². The summed E-state index contributed by atoms with van der Waals surface area (Å²) in [5, 5.41) is 0. The predicted molar refractivity (Wildman–Crippen MR) is 56.5 cm³/mol. The SMILES string of the molecule is CC(C)[C@@]12O[C@@H]3O[C@H]4O[C@@](C)(O1)[C@@H]1[C@H]4C[C@H]3[C@@H]12. The van der Waals surface area contributed by atoms with Gasteiger partial charge in [-0.1, -0.05) is 13.8 Å². The minimum Gasteiger partial charge on any atom is -0.323 e. The molecule has 0 unspecified atom stereocenters. The van der Waals surface area contributed by atoms with Gasteiger partial charge in [-0.15, -0.1) is 0 Å². The van der Waals surface area contributed by atoms with Crippen LogP contribution in [0.3, 0.4) is 0 Å². The van der Waals surface area contributed by atoms with E-state index in [1.807, 2.05) is 0 Å². The van der Waals surface area contributed by atoms with Gasteiger partial charge in [-0.3, -0.25) is 0 Å². The topological polar surface area (TPSA) is 36.9 Å². The normalized spacial score (nSPS) is 69.9. The van der Waals surface area contributed by atoms with Crippen LogP contribution in [0, 0.1) is 29.6 Å². The van der Waals surface area contributed by atoms with Gasteiger partial charge in [0, 0.05) is 29.6 Å². The van der Waals surface area contributed by atoms with Gasteiger partial charge in [0.1, 0.15) is 0 Å². The molecule has 4 nitrogen and oxygen atoms in total. The van der Waals surface area contributed by atoms with Crippen LogP contribution in [0.15, 0.2) is 0 Å². The summed E-state index contributed by atoms with van der Waals surface area (Å²) in [6.45, 7) is 6.43. The Bertz CT molecular complexity index is 410. The molecule has 0 aromatic heterocycles. The van der Waals surface area contributed by atoms with Gasteiger partial charge in [0.2, 0.25) is 0 Å². The zero-order valence-corrected chi connectivity index (χ0v) is 10.4. The second-order valence-corrected chi connectivity index (χ2v) is 6.72. The molecule has 4 saturated heterocycles. The van der Waals surface area contributed by atoms with Crippen molar-refractivity contribution >= 4 is 0 Å². The lowest BCUT2D eigenvalue weighted by Gasteiger charge is -2.39. The number of rotatable bonds is 1. The van der Waals surface area contributed by atoms with Crippen molar-refractivity contribution in [3.05, 3.63) is 0 Å². The van der Waals surface area contributed by atoms with Gasteiger partial charge in [0.05, 0.1) is 0 Å².